The highest BCUT2D eigenvalue weighted by Gasteiger charge is 2.45. The van der Waals surface area contributed by atoms with Crippen molar-refractivity contribution in [3.05, 3.63) is 59.7 Å². The summed E-state index contributed by atoms with van der Waals surface area (Å²) in [4.78, 5) is 12.1. The monoisotopic (exact) mass is 380 g/mol. The Labute approximate surface area is 146 Å². The van der Waals surface area contributed by atoms with Gasteiger partial charge in [-0.15, -0.1) is 0 Å². The van der Waals surface area contributed by atoms with Crippen LogP contribution in [0.15, 0.2) is 58.3 Å². The van der Waals surface area contributed by atoms with E-state index in [1.54, 1.807) is 25.1 Å². The number of carbonyl (C=O) groups is 1. The molecule has 0 saturated carbocycles. The summed E-state index contributed by atoms with van der Waals surface area (Å²) in [5, 5.41) is -1.34. The van der Waals surface area contributed by atoms with Crippen molar-refractivity contribution in [2.24, 2.45) is 0 Å². The highest BCUT2D eigenvalue weighted by molar-refractivity contribution is 7.96. The van der Waals surface area contributed by atoms with Crippen LogP contribution in [0.25, 0.3) is 0 Å². The molecule has 3 rings (SSSR count). The number of esters is 1. The number of rotatable bonds is 4. The molecule has 1 aliphatic heterocycles. The molecule has 132 valence electrons. The lowest BCUT2D eigenvalue weighted by Gasteiger charge is -2.15. The molecule has 1 atom stereocenters. The Bertz CT molecular complexity index is 1020. The molecule has 0 N–H and O–H groups in total. The van der Waals surface area contributed by atoms with Gasteiger partial charge in [0.1, 0.15) is 5.25 Å². The summed E-state index contributed by atoms with van der Waals surface area (Å²) in [7, 11) is -7.78. The SMILES string of the molecule is CCOC(=O)c1cccc2c1C(S(=O)(=O)c1ccccc1)CS2(=O)=O. The lowest BCUT2D eigenvalue weighted by Crippen LogP contribution is -2.18. The largest absolute Gasteiger partial charge is 0.462 e. The van der Waals surface area contributed by atoms with Crippen molar-refractivity contribution < 1.29 is 26.4 Å². The molecular weight excluding hydrogens is 364 g/mol. The van der Waals surface area contributed by atoms with Crippen molar-refractivity contribution in [2.75, 3.05) is 12.4 Å². The maximum absolute atomic E-state index is 13.0. The second-order valence-corrected chi connectivity index (χ2v) is 9.70. The zero-order valence-corrected chi connectivity index (χ0v) is 15.0. The van der Waals surface area contributed by atoms with Gasteiger partial charge in [0.2, 0.25) is 0 Å². The molecule has 25 heavy (non-hydrogen) atoms. The minimum atomic E-state index is -3.98. The lowest BCUT2D eigenvalue weighted by atomic mass is 10.1. The topological polar surface area (TPSA) is 94.6 Å². The normalized spacial score (nSPS) is 18.5. The van der Waals surface area contributed by atoms with Crippen LogP contribution in [0.4, 0.5) is 0 Å². The predicted octanol–water partition coefficient (Wildman–Crippen LogP) is 2.17. The van der Waals surface area contributed by atoms with Crippen LogP contribution < -0.4 is 0 Å². The summed E-state index contributed by atoms with van der Waals surface area (Å²) in [6.07, 6.45) is 0. The molecule has 0 aliphatic carbocycles. The van der Waals surface area contributed by atoms with E-state index in [0.717, 1.165) is 0 Å². The second-order valence-electron chi connectivity index (χ2n) is 5.57. The number of carbonyl (C=O) groups excluding carboxylic acids is 1. The van der Waals surface area contributed by atoms with Crippen molar-refractivity contribution >= 4 is 25.6 Å². The number of hydrogen-bond donors (Lipinski definition) is 0. The number of fused-ring (bicyclic) bond motifs is 1. The zero-order chi connectivity index (χ0) is 18.2. The number of benzene rings is 2. The Hall–Kier alpha value is -2.19. The molecule has 0 saturated heterocycles. The van der Waals surface area contributed by atoms with Gasteiger partial charge in [-0.3, -0.25) is 0 Å². The van der Waals surface area contributed by atoms with Crippen LogP contribution in [0.3, 0.4) is 0 Å². The Balaban J connectivity index is 2.24. The minimum absolute atomic E-state index is 0.00445. The summed E-state index contributed by atoms with van der Waals surface area (Å²) in [5.41, 5.74) is -0.0188. The van der Waals surface area contributed by atoms with Gasteiger partial charge in [-0.2, -0.15) is 0 Å². The van der Waals surface area contributed by atoms with E-state index in [1.807, 2.05) is 0 Å². The maximum Gasteiger partial charge on any atom is 0.338 e. The molecule has 2 aromatic rings. The van der Waals surface area contributed by atoms with Gasteiger partial charge in [-0.05, 0) is 31.2 Å². The summed E-state index contributed by atoms with van der Waals surface area (Å²) >= 11 is 0. The fourth-order valence-corrected chi connectivity index (χ4v) is 7.30. The standard InChI is InChI=1S/C17H16O6S2/c1-2-23-17(18)13-9-6-10-14-16(13)15(11-24(14,19)20)25(21,22)12-7-4-3-5-8-12/h3-10,15H,2,11H2,1H3. The number of hydrogen-bond acceptors (Lipinski definition) is 6. The second kappa shape index (κ2) is 6.27. The third-order valence-corrected chi connectivity index (χ3v) is 8.13. The van der Waals surface area contributed by atoms with Crippen LogP contribution in [0.5, 0.6) is 0 Å². The van der Waals surface area contributed by atoms with Gasteiger partial charge in [0.25, 0.3) is 0 Å². The Kier molecular flexibility index (Phi) is 4.42. The molecule has 0 bridgehead atoms. The molecule has 2 aromatic carbocycles. The Morgan fingerprint density at radius 3 is 2.44 bits per heavy atom. The quantitative estimate of drug-likeness (QED) is 0.755. The molecule has 1 heterocycles. The first kappa shape index (κ1) is 17.6. The highest BCUT2D eigenvalue weighted by Crippen LogP contribution is 2.43. The van der Waals surface area contributed by atoms with Crippen molar-refractivity contribution in [1.29, 1.82) is 0 Å². The summed E-state index contributed by atoms with van der Waals surface area (Å²) in [6.45, 7) is 1.72. The molecule has 1 unspecified atom stereocenters. The fraction of sp³-hybridized carbons (Fsp3) is 0.235. The van der Waals surface area contributed by atoms with Crippen molar-refractivity contribution in [1.82, 2.24) is 0 Å². The van der Waals surface area contributed by atoms with Crippen LogP contribution in [0, 0.1) is 0 Å². The van der Waals surface area contributed by atoms with Crippen LogP contribution >= 0.6 is 0 Å². The lowest BCUT2D eigenvalue weighted by molar-refractivity contribution is 0.0525. The third-order valence-electron chi connectivity index (χ3n) is 4.04. The molecule has 0 radical (unpaired) electrons. The number of ether oxygens (including phenoxy) is 1. The molecule has 0 fully saturated rings. The van der Waals surface area contributed by atoms with Crippen LogP contribution in [-0.4, -0.2) is 35.2 Å². The van der Waals surface area contributed by atoms with Crippen molar-refractivity contribution in [3.63, 3.8) is 0 Å². The first-order valence-corrected chi connectivity index (χ1v) is 10.8. The molecule has 0 aromatic heterocycles. The van der Waals surface area contributed by atoms with Crippen molar-refractivity contribution in [3.8, 4) is 0 Å². The molecule has 1 aliphatic rings. The average molecular weight is 380 g/mol. The first-order chi connectivity index (χ1) is 11.8. The molecule has 0 spiro atoms. The van der Waals surface area contributed by atoms with Gasteiger partial charge >= 0.3 is 5.97 Å². The molecule has 0 amide bonds. The van der Waals surface area contributed by atoms with E-state index in [1.165, 1.54) is 30.3 Å². The maximum atomic E-state index is 13.0. The van der Waals surface area contributed by atoms with Gasteiger partial charge in [-0.1, -0.05) is 24.3 Å². The van der Waals surface area contributed by atoms with Crippen molar-refractivity contribution in [2.45, 2.75) is 22.0 Å². The molecule has 8 heteroatoms. The van der Waals surface area contributed by atoms with Gasteiger partial charge in [-0.25, -0.2) is 21.6 Å². The van der Waals surface area contributed by atoms with E-state index in [0.29, 0.717) is 0 Å². The van der Waals surface area contributed by atoms with Gasteiger partial charge in [0, 0.05) is 5.56 Å². The van der Waals surface area contributed by atoms with E-state index >= 15 is 0 Å². The van der Waals surface area contributed by atoms with Gasteiger partial charge in [0.05, 0.1) is 27.7 Å². The van der Waals surface area contributed by atoms with Crippen LogP contribution in [-0.2, 0) is 24.4 Å². The predicted molar refractivity (Wildman–Crippen MR) is 90.8 cm³/mol. The minimum Gasteiger partial charge on any atom is -0.462 e. The van der Waals surface area contributed by atoms with Crippen LogP contribution in [0.2, 0.25) is 0 Å². The highest BCUT2D eigenvalue weighted by atomic mass is 32.2. The summed E-state index contributed by atoms with van der Waals surface area (Å²) < 4.78 is 55.9. The van der Waals surface area contributed by atoms with E-state index in [-0.39, 0.29) is 27.5 Å². The van der Waals surface area contributed by atoms with Gasteiger partial charge in [0.15, 0.2) is 19.7 Å². The third kappa shape index (κ3) is 2.96. The van der Waals surface area contributed by atoms with E-state index in [2.05, 4.69) is 0 Å². The van der Waals surface area contributed by atoms with Crippen LogP contribution in [0.1, 0.15) is 28.1 Å². The Morgan fingerprint density at radius 2 is 1.80 bits per heavy atom. The average Bonchev–Trinajstić information content (AvgIpc) is 2.88. The number of sulfone groups is 2. The smallest absolute Gasteiger partial charge is 0.338 e. The molecular formula is C17H16O6S2. The van der Waals surface area contributed by atoms with E-state index in [9.17, 15) is 21.6 Å². The molecule has 6 nitrogen and oxygen atoms in total. The Morgan fingerprint density at radius 1 is 1.12 bits per heavy atom. The summed E-state index contributed by atoms with van der Waals surface area (Å²) in [6, 6.07) is 11.8. The van der Waals surface area contributed by atoms with E-state index < -0.39 is 36.6 Å². The summed E-state index contributed by atoms with van der Waals surface area (Å²) in [5.74, 6) is -1.32. The first-order valence-electron chi connectivity index (χ1n) is 7.60. The van der Waals surface area contributed by atoms with Gasteiger partial charge < -0.3 is 4.74 Å². The fourth-order valence-electron chi connectivity index (χ4n) is 2.93. The zero-order valence-electron chi connectivity index (χ0n) is 13.4. The van der Waals surface area contributed by atoms with E-state index in [4.69, 9.17) is 4.74 Å².